The van der Waals surface area contributed by atoms with E-state index < -0.39 is 10.8 Å². The van der Waals surface area contributed by atoms with Gasteiger partial charge in [-0.05, 0) is 12.8 Å². The van der Waals surface area contributed by atoms with Crippen molar-refractivity contribution < 1.29 is 4.21 Å². The van der Waals surface area contributed by atoms with Crippen LogP contribution >= 0.6 is 11.3 Å². The second kappa shape index (κ2) is 2.89. The Kier molecular flexibility index (Phi) is 1.80. The molecule has 1 saturated heterocycles. The highest BCUT2D eigenvalue weighted by molar-refractivity contribution is 7.86. The first-order valence-electron chi connectivity index (χ1n) is 4.68. The molecule has 3 unspecified atom stereocenters. The van der Waals surface area contributed by atoms with Crippen LogP contribution in [0.3, 0.4) is 0 Å². The molecule has 1 aromatic heterocycles. The van der Waals surface area contributed by atoms with Crippen molar-refractivity contribution in [2.75, 3.05) is 0 Å². The molecule has 13 heavy (non-hydrogen) atoms. The summed E-state index contributed by atoms with van der Waals surface area (Å²) in [4.78, 5) is 5.67. The van der Waals surface area contributed by atoms with Crippen LogP contribution in [0.4, 0.5) is 0 Å². The van der Waals surface area contributed by atoms with Gasteiger partial charge in [-0.25, -0.2) is 4.98 Å². The maximum Gasteiger partial charge on any atom is 0.0798 e. The number of rotatable bonds is 0. The molecule has 0 spiro atoms. The normalized spacial score (nSPS) is 37.1. The fraction of sp³-hybridized carbons (Fsp3) is 0.667. The summed E-state index contributed by atoms with van der Waals surface area (Å²) in [6.07, 6.45) is 4.46. The predicted octanol–water partition coefficient (Wildman–Crippen LogP) is 2.04. The first-order chi connectivity index (χ1) is 6.36. The summed E-state index contributed by atoms with van der Waals surface area (Å²) in [5.41, 5.74) is 3.14. The molecular weight excluding hydrogens is 202 g/mol. The molecule has 4 heteroatoms. The summed E-state index contributed by atoms with van der Waals surface area (Å²) in [6.45, 7) is 0. The summed E-state index contributed by atoms with van der Waals surface area (Å²) >= 11 is 1.69. The Hall–Kier alpha value is -0.220. The molecule has 0 amide bonds. The van der Waals surface area contributed by atoms with Crippen molar-refractivity contribution in [2.45, 2.75) is 36.2 Å². The molecule has 2 aliphatic rings. The highest BCUT2D eigenvalue weighted by atomic mass is 32.2. The Morgan fingerprint density at radius 1 is 1.54 bits per heavy atom. The number of thiazole rings is 1. The number of hydrogen-bond donors (Lipinski definition) is 0. The molecule has 0 aromatic carbocycles. The van der Waals surface area contributed by atoms with Crippen molar-refractivity contribution in [3.63, 3.8) is 0 Å². The van der Waals surface area contributed by atoms with Gasteiger partial charge in [-0.3, -0.25) is 4.21 Å². The zero-order valence-corrected chi connectivity index (χ0v) is 8.87. The minimum Gasteiger partial charge on any atom is -0.259 e. The highest BCUT2D eigenvalue weighted by Crippen LogP contribution is 2.43. The molecule has 0 N–H and O–H groups in total. The van der Waals surface area contributed by atoms with E-state index in [9.17, 15) is 4.21 Å². The topological polar surface area (TPSA) is 30.0 Å². The van der Waals surface area contributed by atoms with Crippen molar-refractivity contribution in [3.05, 3.63) is 16.1 Å². The van der Waals surface area contributed by atoms with E-state index in [-0.39, 0.29) is 0 Å². The maximum atomic E-state index is 12.0. The predicted molar refractivity (Wildman–Crippen MR) is 54.3 cm³/mol. The van der Waals surface area contributed by atoms with Gasteiger partial charge < -0.3 is 0 Å². The van der Waals surface area contributed by atoms with Gasteiger partial charge in [-0.15, -0.1) is 11.3 Å². The lowest BCUT2D eigenvalue weighted by Gasteiger charge is -2.32. The monoisotopic (exact) mass is 213 g/mol. The van der Waals surface area contributed by atoms with E-state index >= 15 is 0 Å². The molecule has 3 heterocycles. The quantitative estimate of drug-likeness (QED) is 0.660. The van der Waals surface area contributed by atoms with Gasteiger partial charge in [0.2, 0.25) is 0 Å². The molecule has 0 saturated carbocycles. The Morgan fingerprint density at radius 2 is 2.46 bits per heavy atom. The summed E-state index contributed by atoms with van der Waals surface area (Å²) < 4.78 is 12.0. The Labute approximate surface area is 83.8 Å². The van der Waals surface area contributed by atoms with Crippen LogP contribution in [0.25, 0.3) is 0 Å². The van der Waals surface area contributed by atoms with Gasteiger partial charge in [-0.2, -0.15) is 0 Å². The molecule has 0 aliphatic carbocycles. The number of aromatic nitrogens is 1. The maximum absolute atomic E-state index is 12.0. The van der Waals surface area contributed by atoms with Gasteiger partial charge in [0, 0.05) is 27.3 Å². The van der Waals surface area contributed by atoms with Gasteiger partial charge in [0.15, 0.2) is 0 Å². The van der Waals surface area contributed by atoms with E-state index in [1.807, 2.05) is 5.51 Å². The fourth-order valence-electron chi connectivity index (χ4n) is 2.33. The largest absolute Gasteiger partial charge is 0.259 e. The molecule has 70 valence electrons. The lowest BCUT2D eigenvalue weighted by Crippen LogP contribution is -2.32. The summed E-state index contributed by atoms with van der Waals surface area (Å²) in [7, 11) is -0.605. The van der Waals surface area contributed by atoms with E-state index in [1.165, 1.54) is 17.0 Å². The molecule has 3 atom stereocenters. The lowest BCUT2D eigenvalue weighted by atomic mass is 10.0. The summed E-state index contributed by atoms with van der Waals surface area (Å²) in [6, 6.07) is 0. The third-order valence-electron chi connectivity index (χ3n) is 2.99. The third kappa shape index (κ3) is 1.12. The van der Waals surface area contributed by atoms with E-state index in [0.717, 1.165) is 19.3 Å². The van der Waals surface area contributed by atoms with Crippen LogP contribution in [0.5, 0.6) is 0 Å². The molecule has 2 nitrogen and oxygen atoms in total. The zero-order valence-electron chi connectivity index (χ0n) is 7.23. The number of hydrogen-bond acceptors (Lipinski definition) is 3. The van der Waals surface area contributed by atoms with E-state index in [4.69, 9.17) is 0 Å². The van der Waals surface area contributed by atoms with Crippen LogP contribution in [-0.2, 0) is 17.2 Å². The molecule has 1 fully saturated rings. The van der Waals surface area contributed by atoms with Gasteiger partial charge >= 0.3 is 0 Å². The highest BCUT2D eigenvalue weighted by Gasteiger charge is 2.38. The van der Waals surface area contributed by atoms with Crippen LogP contribution in [0.1, 0.15) is 35.1 Å². The zero-order chi connectivity index (χ0) is 8.84. The number of nitrogens with zero attached hydrogens (tertiary/aromatic N) is 1. The van der Waals surface area contributed by atoms with E-state index in [0.29, 0.717) is 10.5 Å². The average Bonchev–Trinajstić information content (AvgIpc) is 2.52. The standard InChI is InChI=1S/C9H11NOS2/c11-13-6-2-1-3-8(13)9-7(4-6)10-5-12-9/h5-6,8H,1-4H2. The minimum atomic E-state index is -0.605. The summed E-state index contributed by atoms with van der Waals surface area (Å²) in [5.74, 6) is 0. The number of fused-ring (bicyclic) bond motifs is 4. The second-order valence-corrected chi connectivity index (χ2v) is 6.52. The smallest absolute Gasteiger partial charge is 0.0798 e. The van der Waals surface area contributed by atoms with Crippen molar-refractivity contribution in [3.8, 4) is 0 Å². The second-order valence-electron chi connectivity index (χ2n) is 3.74. The van der Waals surface area contributed by atoms with Crippen LogP contribution < -0.4 is 0 Å². The van der Waals surface area contributed by atoms with Crippen LogP contribution in [-0.4, -0.2) is 14.4 Å². The molecule has 2 aliphatic heterocycles. The van der Waals surface area contributed by atoms with Crippen LogP contribution in [0.2, 0.25) is 0 Å². The Bertz CT molecular complexity index is 360. The van der Waals surface area contributed by atoms with Crippen LogP contribution in [0, 0.1) is 0 Å². The van der Waals surface area contributed by atoms with E-state index in [1.54, 1.807) is 11.3 Å². The van der Waals surface area contributed by atoms with Gasteiger partial charge in [0.05, 0.1) is 16.5 Å². The minimum absolute atomic E-state index is 0.329. The van der Waals surface area contributed by atoms with Gasteiger partial charge in [-0.1, -0.05) is 6.42 Å². The molecule has 3 rings (SSSR count). The lowest BCUT2D eigenvalue weighted by molar-refractivity contribution is 0.546. The molecule has 1 aromatic rings. The molecule has 2 bridgehead atoms. The van der Waals surface area contributed by atoms with E-state index in [2.05, 4.69) is 4.98 Å². The third-order valence-corrected chi connectivity index (χ3v) is 6.21. The van der Waals surface area contributed by atoms with Crippen molar-refractivity contribution in [1.29, 1.82) is 0 Å². The fourth-order valence-corrected chi connectivity index (χ4v) is 5.54. The Balaban J connectivity index is 2.12. The Morgan fingerprint density at radius 3 is 3.38 bits per heavy atom. The summed E-state index contributed by atoms with van der Waals surface area (Å²) in [5, 5.41) is 0.739. The van der Waals surface area contributed by atoms with Gasteiger partial charge in [0.1, 0.15) is 0 Å². The van der Waals surface area contributed by atoms with Crippen molar-refractivity contribution in [2.24, 2.45) is 0 Å². The van der Waals surface area contributed by atoms with Crippen molar-refractivity contribution in [1.82, 2.24) is 4.98 Å². The van der Waals surface area contributed by atoms with Crippen molar-refractivity contribution >= 4 is 22.1 Å². The molecular formula is C9H11NOS2. The molecule has 0 radical (unpaired) electrons. The SMILES string of the molecule is O=S1C2CCCC1c1scnc1C2. The average molecular weight is 213 g/mol. The van der Waals surface area contributed by atoms with Crippen LogP contribution in [0.15, 0.2) is 5.51 Å². The van der Waals surface area contributed by atoms with Gasteiger partial charge in [0.25, 0.3) is 0 Å². The first-order valence-corrected chi connectivity index (χ1v) is 6.83. The first kappa shape index (κ1) is 8.12.